The van der Waals surface area contributed by atoms with Gasteiger partial charge in [-0.25, -0.2) is 5.10 Å². The van der Waals surface area contributed by atoms with Crippen molar-refractivity contribution in [3.05, 3.63) is 33.9 Å². The lowest BCUT2D eigenvalue weighted by Gasteiger charge is -2.00. The molecule has 0 fully saturated rings. The van der Waals surface area contributed by atoms with Gasteiger partial charge in [0.2, 0.25) is 0 Å². The smallest absolute Gasteiger partial charge is 0.255 e. The first-order valence-corrected chi connectivity index (χ1v) is 5.95. The number of nitrogens with one attached hydrogen (secondary N) is 1. The van der Waals surface area contributed by atoms with Crippen molar-refractivity contribution in [2.24, 2.45) is 0 Å². The van der Waals surface area contributed by atoms with E-state index in [4.69, 9.17) is 0 Å². The Morgan fingerprint density at radius 1 is 1.31 bits per heavy atom. The number of nitrogens with zero attached hydrogens (tertiary/aromatic N) is 1. The maximum atomic E-state index is 12.1. The van der Waals surface area contributed by atoms with Gasteiger partial charge >= 0.3 is 4.87 Å². The van der Waals surface area contributed by atoms with E-state index in [1.807, 2.05) is 0 Å². The number of benzene rings is 1. The highest BCUT2D eigenvalue weighted by Gasteiger charge is 2.07. The minimum Gasteiger partial charge on any atom is -0.255 e. The molecule has 0 atom stereocenters. The molecule has 84 valence electrons. The molecule has 0 saturated heterocycles. The average Bonchev–Trinajstić information content (AvgIpc) is 2.65. The SMILES string of the molecule is O=c1[nH]nc(-c2ccc(SC(F)F)cc2)s1. The number of thioether (sulfide) groups is 1. The van der Waals surface area contributed by atoms with E-state index in [1.54, 1.807) is 24.3 Å². The van der Waals surface area contributed by atoms with Crippen LogP contribution in [0.1, 0.15) is 0 Å². The van der Waals surface area contributed by atoms with Crippen molar-refractivity contribution in [1.82, 2.24) is 10.2 Å². The monoisotopic (exact) mass is 260 g/mol. The van der Waals surface area contributed by atoms with Crippen molar-refractivity contribution in [3.8, 4) is 10.6 Å². The van der Waals surface area contributed by atoms with Crippen LogP contribution in [0.4, 0.5) is 8.78 Å². The van der Waals surface area contributed by atoms with Gasteiger partial charge < -0.3 is 0 Å². The number of rotatable bonds is 3. The van der Waals surface area contributed by atoms with Gasteiger partial charge in [0.15, 0.2) is 0 Å². The molecule has 3 nitrogen and oxygen atoms in total. The molecule has 0 saturated carbocycles. The fourth-order valence-electron chi connectivity index (χ4n) is 1.13. The molecule has 0 aliphatic rings. The molecular formula is C9H6F2N2OS2. The van der Waals surface area contributed by atoms with Crippen LogP contribution < -0.4 is 4.87 Å². The molecule has 1 aromatic heterocycles. The van der Waals surface area contributed by atoms with Crippen LogP contribution in [0.15, 0.2) is 34.0 Å². The van der Waals surface area contributed by atoms with Crippen molar-refractivity contribution < 1.29 is 8.78 Å². The maximum absolute atomic E-state index is 12.1. The van der Waals surface area contributed by atoms with Gasteiger partial charge in [0.25, 0.3) is 5.76 Å². The number of hydrogen-bond acceptors (Lipinski definition) is 4. The zero-order valence-corrected chi connectivity index (χ0v) is 9.45. The molecule has 0 spiro atoms. The molecule has 16 heavy (non-hydrogen) atoms. The van der Waals surface area contributed by atoms with Crippen LogP contribution in [-0.4, -0.2) is 16.0 Å². The molecule has 0 aliphatic heterocycles. The molecule has 0 amide bonds. The Balaban J connectivity index is 2.22. The quantitative estimate of drug-likeness (QED) is 0.863. The molecule has 2 rings (SSSR count). The van der Waals surface area contributed by atoms with E-state index in [1.165, 1.54) is 0 Å². The van der Waals surface area contributed by atoms with Crippen molar-refractivity contribution >= 4 is 23.1 Å². The largest absolute Gasteiger partial charge is 0.322 e. The van der Waals surface area contributed by atoms with Gasteiger partial charge in [-0.2, -0.15) is 13.9 Å². The van der Waals surface area contributed by atoms with Crippen LogP contribution in [-0.2, 0) is 0 Å². The minimum atomic E-state index is -2.42. The van der Waals surface area contributed by atoms with Crippen LogP contribution in [0.3, 0.4) is 0 Å². The summed E-state index contributed by atoms with van der Waals surface area (Å²) in [6.07, 6.45) is 0. The van der Waals surface area contributed by atoms with Crippen LogP contribution in [0.5, 0.6) is 0 Å². The summed E-state index contributed by atoms with van der Waals surface area (Å²) in [5.74, 6) is -2.42. The predicted molar refractivity (Wildman–Crippen MR) is 60.0 cm³/mol. The zero-order chi connectivity index (χ0) is 11.5. The topological polar surface area (TPSA) is 45.8 Å². The second-order valence-electron chi connectivity index (χ2n) is 2.82. The van der Waals surface area contributed by atoms with E-state index >= 15 is 0 Å². The van der Waals surface area contributed by atoms with Gasteiger partial charge in [-0.1, -0.05) is 35.2 Å². The van der Waals surface area contributed by atoms with Gasteiger partial charge in [-0.15, -0.1) is 0 Å². The molecule has 1 N–H and O–H groups in total. The van der Waals surface area contributed by atoms with Crippen molar-refractivity contribution in [2.75, 3.05) is 0 Å². The summed E-state index contributed by atoms with van der Waals surface area (Å²) >= 11 is 1.47. The second kappa shape index (κ2) is 4.75. The lowest BCUT2D eigenvalue weighted by Crippen LogP contribution is -1.90. The number of alkyl halides is 2. The summed E-state index contributed by atoms with van der Waals surface area (Å²) in [6.45, 7) is 0. The number of H-pyrrole nitrogens is 1. The van der Waals surface area contributed by atoms with E-state index in [0.717, 1.165) is 16.9 Å². The molecular weight excluding hydrogens is 254 g/mol. The Kier molecular flexibility index (Phi) is 3.35. The second-order valence-corrected chi connectivity index (χ2v) is 4.85. The maximum Gasteiger partial charge on any atom is 0.322 e. The lowest BCUT2D eigenvalue weighted by molar-refractivity contribution is 0.252. The van der Waals surface area contributed by atoms with Gasteiger partial charge in [-0.3, -0.25) is 4.79 Å². The number of halogens is 2. The predicted octanol–water partition coefficient (Wildman–Crippen LogP) is 2.81. The Labute approximate surface area is 97.5 Å². The first kappa shape index (κ1) is 11.3. The van der Waals surface area contributed by atoms with Gasteiger partial charge in [0.05, 0.1) is 0 Å². The molecule has 2 aromatic rings. The Morgan fingerprint density at radius 3 is 2.50 bits per heavy atom. The van der Waals surface area contributed by atoms with E-state index < -0.39 is 5.76 Å². The van der Waals surface area contributed by atoms with Crippen molar-refractivity contribution in [3.63, 3.8) is 0 Å². The minimum absolute atomic E-state index is 0.235. The summed E-state index contributed by atoms with van der Waals surface area (Å²) < 4.78 is 24.1. The van der Waals surface area contributed by atoms with Crippen LogP contribution in [0.2, 0.25) is 0 Å². The van der Waals surface area contributed by atoms with Crippen LogP contribution >= 0.6 is 23.1 Å². The highest BCUT2D eigenvalue weighted by molar-refractivity contribution is 7.99. The van der Waals surface area contributed by atoms with E-state index in [9.17, 15) is 13.6 Å². The van der Waals surface area contributed by atoms with Gasteiger partial charge in [-0.05, 0) is 12.1 Å². The lowest BCUT2D eigenvalue weighted by atomic mass is 10.2. The number of aromatic amines is 1. The summed E-state index contributed by atoms with van der Waals surface area (Å²) in [5.41, 5.74) is 0.738. The zero-order valence-electron chi connectivity index (χ0n) is 7.81. The Morgan fingerprint density at radius 2 is 2.00 bits per heavy atom. The highest BCUT2D eigenvalue weighted by Crippen LogP contribution is 2.27. The normalized spacial score (nSPS) is 10.9. The first-order valence-electron chi connectivity index (χ1n) is 4.26. The van der Waals surface area contributed by atoms with Crippen molar-refractivity contribution in [1.29, 1.82) is 0 Å². The van der Waals surface area contributed by atoms with Crippen molar-refractivity contribution in [2.45, 2.75) is 10.7 Å². The standard InChI is InChI=1S/C9H6F2N2OS2/c10-8(11)15-6-3-1-5(2-4-6)7-12-13-9(14)16-7/h1-4,8H,(H,13,14). The Hall–Kier alpha value is -1.21. The molecule has 1 heterocycles. The fraction of sp³-hybridized carbons (Fsp3) is 0.111. The highest BCUT2D eigenvalue weighted by atomic mass is 32.2. The fourth-order valence-corrected chi connectivity index (χ4v) is 2.24. The third-order valence-electron chi connectivity index (χ3n) is 1.76. The van der Waals surface area contributed by atoms with Crippen LogP contribution in [0, 0.1) is 0 Å². The third-order valence-corrected chi connectivity index (χ3v) is 3.28. The average molecular weight is 260 g/mol. The molecule has 0 radical (unpaired) electrons. The number of aromatic nitrogens is 2. The number of hydrogen-bond donors (Lipinski definition) is 1. The molecule has 0 aliphatic carbocycles. The summed E-state index contributed by atoms with van der Waals surface area (Å²) in [7, 11) is 0. The van der Waals surface area contributed by atoms with E-state index in [2.05, 4.69) is 10.2 Å². The van der Waals surface area contributed by atoms with E-state index in [-0.39, 0.29) is 4.87 Å². The van der Waals surface area contributed by atoms with E-state index in [0.29, 0.717) is 21.7 Å². The van der Waals surface area contributed by atoms with Gasteiger partial charge in [0.1, 0.15) is 5.01 Å². The summed E-state index contributed by atoms with van der Waals surface area (Å²) in [5, 5.41) is 6.66. The summed E-state index contributed by atoms with van der Waals surface area (Å²) in [6, 6.07) is 6.49. The first-order chi connectivity index (χ1) is 7.65. The Bertz CT molecular complexity index is 521. The third kappa shape index (κ3) is 2.67. The molecule has 0 unspecified atom stereocenters. The van der Waals surface area contributed by atoms with Gasteiger partial charge in [0, 0.05) is 10.5 Å². The molecule has 7 heteroatoms. The van der Waals surface area contributed by atoms with Crippen LogP contribution in [0.25, 0.3) is 10.6 Å². The summed E-state index contributed by atoms with van der Waals surface area (Å²) in [4.78, 5) is 11.1. The molecule has 1 aromatic carbocycles. The molecule has 0 bridgehead atoms.